The molecular weight excluding hydrogens is 324 g/mol. The summed E-state index contributed by atoms with van der Waals surface area (Å²) in [5, 5.41) is 5.59. The van der Waals surface area contributed by atoms with Crippen LogP contribution in [0.15, 0.2) is 45.7 Å². The number of aryl methyl sites for hydroxylation is 1. The molecule has 0 unspecified atom stereocenters. The van der Waals surface area contributed by atoms with Crippen molar-refractivity contribution in [1.82, 2.24) is 20.6 Å². The van der Waals surface area contributed by atoms with Gasteiger partial charge in [-0.1, -0.05) is 11.2 Å². The molecule has 0 saturated heterocycles. The first kappa shape index (κ1) is 16.7. The molecule has 0 bridgehead atoms. The highest BCUT2D eigenvalue weighted by atomic mass is 16.5. The van der Waals surface area contributed by atoms with Crippen LogP contribution < -0.4 is 10.2 Å². The summed E-state index contributed by atoms with van der Waals surface area (Å²) in [5.74, 6) is 0.900. The molecule has 3 aromatic heterocycles. The Morgan fingerprint density at radius 1 is 1.36 bits per heavy atom. The molecule has 1 N–H and O–H groups in total. The molecule has 0 fully saturated rings. The van der Waals surface area contributed by atoms with E-state index < -0.39 is 0 Å². The molecule has 0 aliphatic rings. The third-order valence-electron chi connectivity index (χ3n) is 3.40. The molecule has 0 saturated carbocycles. The van der Waals surface area contributed by atoms with Crippen molar-refractivity contribution >= 4 is 5.91 Å². The van der Waals surface area contributed by atoms with E-state index in [0.29, 0.717) is 22.9 Å². The quantitative estimate of drug-likeness (QED) is 0.688. The number of ether oxygens (including phenoxy) is 1. The first-order chi connectivity index (χ1) is 12.0. The lowest BCUT2D eigenvalue weighted by Gasteiger charge is -2.09. The van der Waals surface area contributed by atoms with Crippen molar-refractivity contribution in [2.75, 3.05) is 14.1 Å². The van der Waals surface area contributed by atoms with Crippen LogP contribution in [0.3, 0.4) is 0 Å². The van der Waals surface area contributed by atoms with Crippen LogP contribution >= 0.6 is 0 Å². The third-order valence-corrected chi connectivity index (χ3v) is 3.40. The Bertz CT molecular complexity index is 855. The molecule has 25 heavy (non-hydrogen) atoms. The maximum atomic E-state index is 11.9. The molecule has 1 amide bonds. The Kier molecular flexibility index (Phi) is 4.80. The van der Waals surface area contributed by atoms with Gasteiger partial charge < -0.3 is 13.7 Å². The fraction of sp³-hybridized carbons (Fsp3) is 0.235. The van der Waals surface area contributed by atoms with Crippen LogP contribution in [-0.4, -0.2) is 35.2 Å². The van der Waals surface area contributed by atoms with Gasteiger partial charge in [0.15, 0.2) is 11.5 Å². The predicted octanol–water partition coefficient (Wildman–Crippen LogP) is 2.42. The van der Waals surface area contributed by atoms with Gasteiger partial charge in [-0.15, -0.1) is 0 Å². The van der Waals surface area contributed by atoms with Gasteiger partial charge in [0, 0.05) is 26.4 Å². The Labute approximate surface area is 144 Å². The second kappa shape index (κ2) is 7.18. The van der Waals surface area contributed by atoms with Gasteiger partial charge in [-0.3, -0.25) is 15.2 Å². The zero-order valence-electron chi connectivity index (χ0n) is 14.1. The minimum absolute atomic E-state index is 0.163. The highest BCUT2D eigenvalue weighted by Crippen LogP contribution is 2.25. The van der Waals surface area contributed by atoms with Gasteiger partial charge in [0.1, 0.15) is 24.3 Å². The van der Waals surface area contributed by atoms with E-state index in [2.05, 4.69) is 15.6 Å². The second-order valence-electron chi connectivity index (χ2n) is 5.55. The van der Waals surface area contributed by atoms with Gasteiger partial charge in [0.25, 0.3) is 0 Å². The summed E-state index contributed by atoms with van der Waals surface area (Å²) in [6.07, 6.45) is 3.07. The Hall–Kier alpha value is -3.13. The van der Waals surface area contributed by atoms with E-state index in [-0.39, 0.29) is 18.3 Å². The van der Waals surface area contributed by atoms with Gasteiger partial charge in [-0.2, -0.15) is 0 Å². The van der Waals surface area contributed by atoms with Crippen LogP contribution in [0.4, 0.5) is 0 Å². The lowest BCUT2D eigenvalue weighted by molar-refractivity contribution is 0.0827. The average Bonchev–Trinajstić information content (AvgIpc) is 3.20. The molecule has 3 rings (SSSR count). The Morgan fingerprint density at radius 3 is 2.92 bits per heavy atom. The van der Waals surface area contributed by atoms with E-state index in [0.717, 1.165) is 5.56 Å². The smallest absolute Gasteiger partial charge is 0.301 e. The van der Waals surface area contributed by atoms with Crippen LogP contribution in [0.1, 0.15) is 21.9 Å². The number of rotatable bonds is 6. The molecule has 8 heteroatoms. The largest absolute Gasteiger partial charge is 0.485 e. The molecule has 8 nitrogen and oxygen atoms in total. The maximum Gasteiger partial charge on any atom is 0.301 e. The summed E-state index contributed by atoms with van der Waals surface area (Å²) in [6.45, 7) is 2.03. The van der Waals surface area contributed by atoms with Crippen LogP contribution in [0.25, 0.3) is 11.4 Å². The van der Waals surface area contributed by atoms with E-state index in [9.17, 15) is 4.79 Å². The number of carbonyl (C=O) groups is 1. The Balaban J connectivity index is 1.72. The van der Waals surface area contributed by atoms with Crippen LogP contribution in [0.2, 0.25) is 0 Å². The summed E-state index contributed by atoms with van der Waals surface area (Å²) >= 11 is 0. The maximum absolute atomic E-state index is 11.9. The van der Waals surface area contributed by atoms with Crippen molar-refractivity contribution < 1.29 is 18.5 Å². The van der Waals surface area contributed by atoms with E-state index in [4.69, 9.17) is 13.7 Å². The zero-order chi connectivity index (χ0) is 17.8. The fourth-order valence-electron chi connectivity index (χ4n) is 2.19. The zero-order valence-corrected chi connectivity index (χ0v) is 14.1. The van der Waals surface area contributed by atoms with Gasteiger partial charge >= 0.3 is 5.91 Å². The van der Waals surface area contributed by atoms with Crippen molar-refractivity contribution in [1.29, 1.82) is 0 Å². The first-order valence-corrected chi connectivity index (χ1v) is 7.61. The number of nitrogens with one attached hydrogen (secondary N) is 1. The van der Waals surface area contributed by atoms with Gasteiger partial charge in [0.05, 0.1) is 11.3 Å². The first-order valence-electron chi connectivity index (χ1n) is 7.61. The van der Waals surface area contributed by atoms with Gasteiger partial charge in [-0.05, 0) is 19.1 Å². The van der Waals surface area contributed by atoms with E-state index in [1.807, 2.05) is 25.1 Å². The number of hydrazine groups is 1. The fourth-order valence-corrected chi connectivity index (χ4v) is 2.19. The highest BCUT2D eigenvalue weighted by Gasteiger charge is 2.17. The molecule has 0 atom stereocenters. The van der Waals surface area contributed by atoms with Crippen molar-refractivity contribution in [2.24, 2.45) is 0 Å². The SMILES string of the molecule is Cc1onc(-c2ccccn2)c1COc1coc(C(=O)NN(C)C)c1. The lowest BCUT2D eigenvalue weighted by Crippen LogP contribution is -2.35. The second-order valence-corrected chi connectivity index (χ2v) is 5.55. The number of aromatic nitrogens is 2. The van der Waals surface area contributed by atoms with Crippen LogP contribution in [0, 0.1) is 6.92 Å². The molecule has 3 aromatic rings. The van der Waals surface area contributed by atoms with Gasteiger partial charge in [0.2, 0.25) is 0 Å². The minimum Gasteiger partial charge on any atom is -0.485 e. The monoisotopic (exact) mass is 342 g/mol. The van der Waals surface area contributed by atoms with E-state index >= 15 is 0 Å². The number of amides is 1. The molecule has 3 heterocycles. The van der Waals surface area contributed by atoms with Gasteiger partial charge in [-0.25, -0.2) is 5.01 Å². The molecule has 0 aromatic carbocycles. The summed E-state index contributed by atoms with van der Waals surface area (Å²) in [6, 6.07) is 7.09. The van der Waals surface area contributed by atoms with Crippen LogP contribution in [-0.2, 0) is 6.61 Å². The van der Waals surface area contributed by atoms with Crippen molar-refractivity contribution in [2.45, 2.75) is 13.5 Å². The normalized spacial score (nSPS) is 10.9. The standard InChI is InChI=1S/C17H18N4O4/c1-11-13(16(20-25-11)14-6-4-5-7-18-14)10-23-12-8-15(24-9-12)17(22)19-21(2)3/h4-9H,10H2,1-3H3,(H,19,22). The number of nitrogens with zero attached hydrogens (tertiary/aromatic N) is 3. The molecular formula is C17H18N4O4. The highest BCUT2D eigenvalue weighted by molar-refractivity contribution is 5.91. The van der Waals surface area contributed by atoms with Crippen LogP contribution in [0.5, 0.6) is 5.75 Å². The average molecular weight is 342 g/mol. The predicted molar refractivity (Wildman–Crippen MR) is 88.7 cm³/mol. The summed E-state index contributed by atoms with van der Waals surface area (Å²) in [4.78, 5) is 16.1. The molecule has 0 spiro atoms. The number of furan rings is 1. The summed E-state index contributed by atoms with van der Waals surface area (Å²) in [5.41, 5.74) is 4.72. The van der Waals surface area contributed by atoms with E-state index in [1.165, 1.54) is 17.3 Å². The number of hydrogen-bond donors (Lipinski definition) is 1. The number of pyridine rings is 1. The van der Waals surface area contributed by atoms with Crippen molar-refractivity contribution in [3.63, 3.8) is 0 Å². The topological polar surface area (TPSA) is 93.6 Å². The van der Waals surface area contributed by atoms with Crippen molar-refractivity contribution in [3.8, 4) is 17.1 Å². The summed E-state index contributed by atoms with van der Waals surface area (Å²) in [7, 11) is 3.43. The molecule has 0 radical (unpaired) electrons. The molecule has 130 valence electrons. The third kappa shape index (κ3) is 3.86. The molecule has 0 aliphatic carbocycles. The number of hydrogen-bond acceptors (Lipinski definition) is 7. The minimum atomic E-state index is -0.352. The lowest BCUT2D eigenvalue weighted by atomic mass is 10.1. The van der Waals surface area contributed by atoms with E-state index in [1.54, 1.807) is 20.3 Å². The molecule has 0 aliphatic heterocycles. The Morgan fingerprint density at radius 2 is 2.20 bits per heavy atom. The van der Waals surface area contributed by atoms with Crippen molar-refractivity contribution in [3.05, 3.63) is 53.8 Å². The summed E-state index contributed by atoms with van der Waals surface area (Å²) < 4.78 is 16.2. The number of carbonyl (C=O) groups excluding carboxylic acids is 1.